The second-order valence-corrected chi connectivity index (χ2v) is 4.17. The molecule has 1 aliphatic rings. The minimum Gasteiger partial charge on any atom is -0.391 e. The van der Waals surface area contributed by atoms with Crippen LogP contribution < -0.4 is 5.32 Å². The molecular weight excluding hydrogens is 224 g/mol. The van der Waals surface area contributed by atoms with E-state index in [9.17, 15) is 14.7 Å². The Hall–Kier alpha value is -1.14. The van der Waals surface area contributed by atoms with Gasteiger partial charge in [-0.2, -0.15) is 0 Å². The predicted octanol–water partition coefficient (Wildman–Crippen LogP) is -0.878. The van der Waals surface area contributed by atoms with Crippen molar-refractivity contribution in [2.24, 2.45) is 0 Å². The molecule has 0 aliphatic carbocycles. The first-order chi connectivity index (χ1) is 8.13. The number of aliphatic hydroxyl groups is 1. The molecule has 98 valence electrons. The predicted molar refractivity (Wildman–Crippen MR) is 61.3 cm³/mol. The number of nitrogens with one attached hydrogen (secondary N) is 1. The second-order valence-electron chi connectivity index (χ2n) is 4.17. The number of likely N-dealkylation sites (tertiary alicyclic amines) is 1. The molecule has 17 heavy (non-hydrogen) atoms. The number of nitrogens with zero attached hydrogens (tertiary/aromatic N) is 1. The molecule has 0 radical (unpaired) electrons. The van der Waals surface area contributed by atoms with E-state index in [2.05, 4.69) is 5.32 Å². The number of methoxy groups -OCH3 is 1. The van der Waals surface area contributed by atoms with Gasteiger partial charge >= 0.3 is 0 Å². The van der Waals surface area contributed by atoms with Gasteiger partial charge in [-0.05, 0) is 12.8 Å². The third-order valence-corrected chi connectivity index (χ3v) is 2.66. The first kappa shape index (κ1) is 13.9. The Balaban J connectivity index is 2.11. The lowest BCUT2D eigenvalue weighted by molar-refractivity contribution is -0.133. The van der Waals surface area contributed by atoms with Crippen molar-refractivity contribution in [3.63, 3.8) is 0 Å². The summed E-state index contributed by atoms with van der Waals surface area (Å²) in [5, 5.41) is 12.0. The van der Waals surface area contributed by atoms with E-state index in [1.807, 2.05) is 0 Å². The lowest BCUT2D eigenvalue weighted by Gasteiger charge is -2.15. The zero-order valence-electron chi connectivity index (χ0n) is 10.1. The molecule has 0 aromatic heterocycles. The Kier molecular flexibility index (Phi) is 5.93. The molecule has 1 unspecified atom stereocenters. The summed E-state index contributed by atoms with van der Waals surface area (Å²) < 4.78 is 4.77. The quantitative estimate of drug-likeness (QED) is 0.610. The Bertz CT molecular complexity index is 270. The summed E-state index contributed by atoms with van der Waals surface area (Å²) in [5.74, 6) is -0.135. The first-order valence-electron chi connectivity index (χ1n) is 5.85. The largest absolute Gasteiger partial charge is 0.391 e. The van der Waals surface area contributed by atoms with Gasteiger partial charge in [0.2, 0.25) is 11.8 Å². The Morgan fingerprint density at radius 1 is 1.65 bits per heavy atom. The van der Waals surface area contributed by atoms with E-state index >= 15 is 0 Å². The first-order valence-corrected chi connectivity index (χ1v) is 5.85. The highest BCUT2D eigenvalue weighted by Crippen LogP contribution is 2.08. The number of amides is 2. The van der Waals surface area contributed by atoms with Crippen molar-refractivity contribution >= 4 is 11.8 Å². The van der Waals surface area contributed by atoms with Gasteiger partial charge in [-0.3, -0.25) is 9.59 Å². The third kappa shape index (κ3) is 5.14. The molecule has 6 heteroatoms. The van der Waals surface area contributed by atoms with Crippen molar-refractivity contribution < 1.29 is 19.4 Å². The average molecular weight is 244 g/mol. The number of carbonyl (C=O) groups excluding carboxylic acids is 2. The molecule has 0 saturated carbocycles. The smallest absolute Gasteiger partial charge is 0.239 e. The van der Waals surface area contributed by atoms with Crippen LogP contribution in [0.5, 0.6) is 0 Å². The van der Waals surface area contributed by atoms with Crippen LogP contribution in [0.2, 0.25) is 0 Å². The Morgan fingerprint density at radius 2 is 2.41 bits per heavy atom. The summed E-state index contributed by atoms with van der Waals surface area (Å²) in [6.45, 7) is 1.45. The molecule has 1 atom stereocenters. The lowest BCUT2D eigenvalue weighted by atomic mass is 10.2. The number of rotatable bonds is 7. The minimum absolute atomic E-state index is 0.0413. The summed E-state index contributed by atoms with van der Waals surface area (Å²) >= 11 is 0. The highest BCUT2D eigenvalue weighted by molar-refractivity contribution is 5.85. The summed E-state index contributed by atoms with van der Waals surface area (Å²) in [4.78, 5) is 24.3. The average Bonchev–Trinajstić information content (AvgIpc) is 2.65. The van der Waals surface area contributed by atoms with Crippen LogP contribution in [0, 0.1) is 0 Å². The molecule has 1 saturated heterocycles. The summed E-state index contributed by atoms with van der Waals surface area (Å²) in [5.41, 5.74) is 0. The van der Waals surface area contributed by atoms with Crippen LogP contribution in [0.15, 0.2) is 0 Å². The van der Waals surface area contributed by atoms with Crippen molar-refractivity contribution in [2.45, 2.75) is 25.4 Å². The molecule has 0 aromatic rings. The van der Waals surface area contributed by atoms with E-state index in [-0.39, 0.29) is 25.0 Å². The fraction of sp³-hybridized carbons (Fsp3) is 0.818. The molecule has 1 heterocycles. The monoisotopic (exact) mass is 244 g/mol. The SMILES string of the molecule is COCC(O)CCNC(=O)CN1CCCC1=O. The summed E-state index contributed by atoms with van der Waals surface area (Å²) in [6, 6.07) is 0. The zero-order chi connectivity index (χ0) is 12.7. The van der Waals surface area contributed by atoms with E-state index in [1.54, 1.807) is 4.90 Å². The second kappa shape index (κ2) is 7.24. The molecular formula is C11H20N2O4. The van der Waals surface area contributed by atoms with Gasteiger partial charge in [0.05, 0.1) is 19.3 Å². The minimum atomic E-state index is -0.561. The van der Waals surface area contributed by atoms with E-state index in [0.717, 1.165) is 6.42 Å². The standard InChI is InChI=1S/C11H20N2O4/c1-17-8-9(14)4-5-12-10(15)7-13-6-2-3-11(13)16/h9,14H,2-8H2,1H3,(H,12,15). The van der Waals surface area contributed by atoms with Crippen molar-refractivity contribution in [1.82, 2.24) is 10.2 Å². The highest BCUT2D eigenvalue weighted by atomic mass is 16.5. The lowest BCUT2D eigenvalue weighted by Crippen LogP contribution is -2.38. The van der Waals surface area contributed by atoms with E-state index in [0.29, 0.717) is 25.9 Å². The van der Waals surface area contributed by atoms with Crippen LogP contribution in [0.3, 0.4) is 0 Å². The number of aliphatic hydroxyl groups excluding tert-OH is 1. The van der Waals surface area contributed by atoms with E-state index in [1.165, 1.54) is 7.11 Å². The molecule has 1 rings (SSSR count). The Labute approximate surface area is 101 Å². The van der Waals surface area contributed by atoms with Gasteiger partial charge in [-0.1, -0.05) is 0 Å². The molecule has 1 aliphatic heterocycles. The van der Waals surface area contributed by atoms with Gasteiger partial charge in [0.25, 0.3) is 0 Å². The number of ether oxygens (including phenoxy) is 1. The van der Waals surface area contributed by atoms with Crippen LogP contribution in [0.25, 0.3) is 0 Å². The molecule has 2 N–H and O–H groups in total. The van der Waals surface area contributed by atoms with Crippen LogP contribution in [0.1, 0.15) is 19.3 Å². The fourth-order valence-corrected chi connectivity index (χ4v) is 1.75. The fourth-order valence-electron chi connectivity index (χ4n) is 1.75. The molecule has 6 nitrogen and oxygen atoms in total. The van der Waals surface area contributed by atoms with Crippen molar-refractivity contribution in [2.75, 3.05) is 33.4 Å². The van der Waals surface area contributed by atoms with Gasteiger partial charge in [-0.15, -0.1) is 0 Å². The molecule has 2 amide bonds. The van der Waals surface area contributed by atoms with Crippen LogP contribution >= 0.6 is 0 Å². The number of carbonyl (C=O) groups is 2. The maximum atomic E-state index is 11.5. The van der Waals surface area contributed by atoms with Crippen LogP contribution in [-0.2, 0) is 14.3 Å². The van der Waals surface area contributed by atoms with Gasteiger partial charge in [0.1, 0.15) is 0 Å². The van der Waals surface area contributed by atoms with Gasteiger partial charge in [0, 0.05) is 26.6 Å². The van der Waals surface area contributed by atoms with E-state index in [4.69, 9.17) is 4.74 Å². The van der Waals surface area contributed by atoms with Crippen molar-refractivity contribution in [3.8, 4) is 0 Å². The third-order valence-electron chi connectivity index (χ3n) is 2.66. The molecule has 0 aromatic carbocycles. The zero-order valence-corrected chi connectivity index (χ0v) is 10.1. The van der Waals surface area contributed by atoms with Gasteiger partial charge < -0.3 is 20.1 Å². The normalized spacial score (nSPS) is 17.3. The van der Waals surface area contributed by atoms with Crippen LogP contribution in [-0.4, -0.2) is 61.3 Å². The molecule has 0 spiro atoms. The van der Waals surface area contributed by atoms with Gasteiger partial charge in [0.15, 0.2) is 0 Å². The Morgan fingerprint density at radius 3 is 3.00 bits per heavy atom. The molecule has 0 bridgehead atoms. The number of hydrogen-bond donors (Lipinski definition) is 2. The maximum Gasteiger partial charge on any atom is 0.239 e. The maximum absolute atomic E-state index is 11.5. The van der Waals surface area contributed by atoms with Crippen molar-refractivity contribution in [3.05, 3.63) is 0 Å². The van der Waals surface area contributed by atoms with Crippen molar-refractivity contribution in [1.29, 1.82) is 0 Å². The highest BCUT2D eigenvalue weighted by Gasteiger charge is 2.22. The summed E-state index contributed by atoms with van der Waals surface area (Å²) in [6.07, 6.45) is 1.26. The van der Waals surface area contributed by atoms with E-state index < -0.39 is 6.10 Å². The number of hydrogen-bond acceptors (Lipinski definition) is 4. The topological polar surface area (TPSA) is 78.9 Å². The van der Waals surface area contributed by atoms with Gasteiger partial charge in [-0.25, -0.2) is 0 Å². The van der Waals surface area contributed by atoms with Crippen LogP contribution in [0.4, 0.5) is 0 Å². The molecule has 1 fully saturated rings. The summed E-state index contributed by atoms with van der Waals surface area (Å²) in [7, 11) is 1.51.